The number of aromatic nitrogens is 1. The van der Waals surface area contributed by atoms with Crippen molar-refractivity contribution in [1.29, 1.82) is 0 Å². The molecule has 2 aromatic rings. The predicted molar refractivity (Wildman–Crippen MR) is 84.2 cm³/mol. The van der Waals surface area contributed by atoms with Gasteiger partial charge in [0.05, 0.1) is 6.04 Å². The van der Waals surface area contributed by atoms with E-state index in [1.807, 2.05) is 18.3 Å². The number of rotatable bonds is 5. The molecular weight excluding hydrogens is 284 g/mol. The topological polar surface area (TPSA) is 43.4 Å². The van der Waals surface area contributed by atoms with Crippen molar-refractivity contribution in [3.63, 3.8) is 0 Å². The van der Waals surface area contributed by atoms with E-state index in [1.54, 1.807) is 11.3 Å². The van der Waals surface area contributed by atoms with Gasteiger partial charge in [0.1, 0.15) is 18.2 Å². The molecule has 0 fully saturated rings. The molecule has 5 heteroatoms. The first-order chi connectivity index (χ1) is 10.3. The molecule has 4 nitrogen and oxygen atoms in total. The second kappa shape index (κ2) is 6.45. The summed E-state index contributed by atoms with van der Waals surface area (Å²) < 4.78 is 11.1. The van der Waals surface area contributed by atoms with Gasteiger partial charge in [0.15, 0.2) is 11.5 Å². The van der Waals surface area contributed by atoms with Crippen LogP contribution in [0.15, 0.2) is 24.4 Å². The SMILES string of the molecule is CCc1cnc(C(C)NCc2ccc3c(c2)OCCO3)s1. The van der Waals surface area contributed by atoms with Crippen molar-refractivity contribution in [2.24, 2.45) is 0 Å². The average Bonchev–Trinajstić information content (AvgIpc) is 3.01. The lowest BCUT2D eigenvalue weighted by Crippen LogP contribution is -2.19. The number of hydrogen-bond acceptors (Lipinski definition) is 5. The third-order valence-corrected chi connectivity index (χ3v) is 4.83. The highest BCUT2D eigenvalue weighted by molar-refractivity contribution is 7.11. The van der Waals surface area contributed by atoms with Crippen LogP contribution in [0.4, 0.5) is 0 Å². The van der Waals surface area contributed by atoms with Gasteiger partial charge in [-0.1, -0.05) is 13.0 Å². The number of fused-ring (bicyclic) bond motifs is 1. The number of nitrogens with one attached hydrogen (secondary N) is 1. The number of hydrogen-bond donors (Lipinski definition) is 1. The molecule has 2 heterocycles. The highest BCUT2D eigenvalue weighted by Crippen LogP contribution is 2.31. The Labute approximate surface area is 129 Å². The van der Waals surface area contributed by atoms with E-state index in [2.05, 4.69) is 30.2 Å². The lowest BCUT2D eigenvalue weighted by molar-refractivity contribution is 0.171. The Kier molecular flexibility index (Phi) is 4.41. The molecule has 1 aromatic carbocycles. The Balaban J connectivity index is 1.61. The van der Waals surface area contributed by atoms with E-state index < -0.39 is 0 Å². The van der Waals surface area contributed by atoms with Crippen molar-refractivity contribution in [2.75, 3.05) is 13.2 Å². The molecule has 0 amide bonds. The quantitative estimate of drug-likeness (QED) is 0.920. The zero-order valence-electron chi connectivity index (χ0n) is 12.4. The lowest BCUT2D eigenvalue weighted by Gasteiger charge is -2.19. The first kappa shape index (κ1) is 14.4. The van der Waals surface area contributed by atoms with Gasteiger partial charge >= 0.3 is 0 Å². The minimum atomic E-state index is 0.253. The molecule has 112 valence electrons. The Morgan fingerprint density at radius 3 is 2.86 bits per heavy atom. The van der Waals surface area contributed by atoms with E-state index in [0.717, 1.165) is 29.5 Å². The van der Waals surface area contributed by atoms with Gasteiger partial charge in [-0.2, -0.15) is 0 Å². The van der Waals surface area contributed by atoms with Crippen molar-refractivity contribution in [3.8, 4) is 11.5 Å². The van der Waals surface area contributed by atoms with E-state index in [1.165, 1.54) is 10.4 Å². The number of aryl methyl sites for hydroxylation is 1. The molecule has 1 atom stereocenters. The highest BCUT2D eigenvalue weighted by Gasteiger charge is 2.13. The maximum atomic E-state index is 5.61. The van der Waals surface area contributed by atoms with E-state index in [4.69, 9.17) is 9.47 Å². The second-order valence-corrected chi connectivity index (χ2v) is 6.25. The van der Waals surface area contributed by atoms with Crippen LogP contribution in [0.3, 0.4) is 0 Å². The monoisotopic (exact) mass is 304 g/mol. The predicted octanol–water partition coefficient (Wildman–Crippen LogP) is 3.33. The summed E-state index contributed by atoms with van der Waals surface area (Å²) in [5, 5.41) is 4.65. The van der Waals surface area contributed by atoms with Crippen molar-refractivity contribution < 1.29 is 9.47 Å². The third kappa shape index (κ3) is 3.36. The van der Waals surface area contributed by atoms with Gasteiger partial charge in [0.25, 0.3) is 0 Å². The molecule has 0 aliphatic carbocycles. The normalized spacial score (nSPS) is 15.0. The average molecular weight is 304 g/mol. The summed E-state index contributed by atoms with van der Waals surface area (Å²) in [7, 11) is 0. The Morgan fingerprint density at radius 2 is 2.10 bits per heavy atom. The van der Waals surface area contributed by atoms with Crippen LogP contribution in [0.2, 0.25) is 0 Å². The molecule has 1 aromatic heterocycles. The maximum Gasteiger partial charge on any atom is 0.161 e. The summed E-state index contributed by atoms with van der Waals surface area (Å²) in [4.78, 5) is 5.81. The summed E-state index contributed by atoms with van der Waals surface area (Å²) in [6.07, 6.45) is 3.02. The van der Waals surface area contributed by atoms with Crippen molar-refractivity contribution in [1.82, 2.24) is 10.3 Å². The first-order valence-corrected chi connectivity index (χ1v) is 8.14. The number of ether oxygens (including phenoxy) is 2. The smallest absolute Gasteiger partial charge is 0.161 e. The largest absolute Gasteiger partial charge is 0.486 e. The second-order valence-electron chi connectivity index (χ2n) is 5.10. The number of nitrogens with zero attached hydrogens (tertiary/aromatic N) is 1. The molecule has 1 N–H and O–H groups in total. The molecule has 1 aliphatic heterocycles. The fraction of sp³-hybridized carbons (Fsp3) is 0.438. The van der Waals surface area contributed by atoms with E-state index in [-0.39, 0.29) is 6.04 Å². The molecule has 1 aliphatic rings. The minimum absolute atomic E-state index is 0.253. The summed E-state index contributed by atoms with van der Waals surface area (Å²) >= 11 is 1.78. The Hall–Kier alpha value is -1.59. The molecule has 0 radical (unpaired) electrons. The van der Waals surface area contributed by atoms with Crippen molar-refractivity contribution in [3.05, 3.63) is 39.8 Å². The van der Waals surface area contributed by atoms with Crippen LogP contribution in [-0.2, 0) is 13.0 Å². The third-order valence-electron chi connectivity index (χ3n) is 3.51. The van der Waals surface area contributed by atoms with E-state index in [0.29, 0.717) is 13.2 Å². The van der Waals surface area contributed by atoms with Crippen LogP contribution in [0, 0.1) is 0 Å². The summed E-state index contributed by atoms with van der Waals surface area (Å²) in [5.41, 5.74) is 1.19. The molecule has 0 saturated heterocycles. The van der Waals surface area contributed by atoms with Gasteiger partial charge < -0.3 is 14.8 Å². The maximum absolute atomic E-state index is 5.61. The summed E-state index contributed by atoms with van der Waals surface area (Å²) in [6, 6.07) is 6.36. The summed E-state index contributed by atoms with van der Waals surface area (Å²) in [5.74, 6) is 1.68. The first-order valence-electron chi connectivity index (χ1n) is 7.32. The zero-order valence-corrected chi connectivity index (χ0v) is 13.2. The Morgan fingerprint density at radius 1 is 1.29 bits per heavy atom. The fourth-order valence-electron chi connectivity index (χ4n) is 2.24. The molecule has 0 saturated carbocycles. The van der Waals surface area contributed by atoms with Gasteiger partial charge in [0, 0.05) is 17.6 Å². The molecule has 0 bridgehead atoms. The highest BCUT2D eigenvalue weighted by atomic mass is 32.1. The van der Waals surface area contributed by atoms with Crippen LogP contribution < -0.4 is 14.8 Å². The molecular formula is C16H20N2O2S. The molecule has 21 heavy (non-hydrogen) atoms. The van der Waals surface area contributed by atoms with Crippen LogP contribution in [-0.4, -0.2) is 18.2 Å². The lowest BCUT2D eigenvalue weighted by atomic mass is 10.2. The van der Waals surface area contributed by atoms with E-state index >= 15 is 0 Å². The molecule has 1 unspecified atom stereocenters. The van der Waals surface area contributed by atoms with Crippen molar-refractivity contribution in [2.45, 2.75) is 32.9 Å². The van der Waals surface area contributed by atoms with Gasteiger partial charge in [-0.25, -0.2) is 4.98 Å². The van der Waals surface area contributed by atoms with Crippen molar-refractivity contribution >= 4 is 11.3 Å². The van der Waals surface area contributed by atoms with Crippen LogP contribution in [0.25, 0.3) is 0 Å². The van der Waals surface area contributed by atoms with Crippen LogP contribution in [0.1, 0.15) is 35.3 Å². The van der Waals surface area contributed by atoms with Crippen LogP contribution >= 0.6 is 11.3 Å². The van der Waals surface area contributed by atoms with Gasteiger partial charge in [-0.3, -0.25) is 0 Å². The number of thiazole rings is 1. The van der Waals surface area contributed by atoms with Gasteiger partial charge in [-0.15, -0.1) is 11.3 Å². The summed E-state index contributed by atoms with van der Waals surface area (Å²) in [6.45, 7) is 6.35. The van der Waals surface area contributed by atoms with Gasteiger partial charge in [-0.05, 0) is 31.0 Å². The fourth-order valence-corrected chi connectivity index (χ4v) is 3.13. The standard InChI is InChI=1S/C16H20N2O2S/c1-3-13-10-18-16(21-13)11(2)17-9-12-4-5-14-15(8-12)20-7-6-19-14/h4-5,8,10-11,17H,3,6-7,9H2,1-2H3. The molecule has 0 spiro atoms. The number of benzene rings is 1. The zero-order chi connectivity index (χ0) is 14.7. The minimum Gasteiger partial charge on any atom is -0.486 e. The molecule has 3 rings (SSSR count). The Bertz CT molecular complexity index is 612. The van der Waals surface area contributed by atoms with E-state index in [9.17, 15) is 0 Å². The van der Waals surface area contributed by atoms with Crippen LogP contribution in [0.5, 0.6) is 11.5 Å². The van der Waals surface area contributed by atoms with Gasteiger partial charge in [0.2, 0.25) is 0 Å².